The van der Waals surface area contributed by atoms with Gasteiger partial charge >= 0.3 is 0 Å². The number of aliphatic imine (C=N–C) groups is 1. The summed E-state index contributed by atoms with van der Waals surface area (Å²) in [4.78, 5) is 22.9. The molecule has 8 nitrogen and oxygen atoms in total. The minimum atomic E-state index is -0.444. The molecular formula is C29H39N7OS. The maximum atomic E-state index is 13.2. The Morgan fingerprint density at radius 2 is 1.71 bits per heavy atom. The highest BCUT2D eigenvalue weighted by Gasteiger charge is 2.16. The molecule has 0 aliphatic rings. The number of para-hydroxylation sites is 1. The van der Waals surface area contributed by atoms with Crippen molar-refractivity contribution in [1.82, 2.24) is 9.80 Å². The van der Waals surface area contributed by atoms with Crippen molar-refractivity contribution in [2.45, 2.75) is 20.3 Å². The third-order valence-corrected chi connectivity index (χ3v) is 6.69. The lowest BCUT2D eigenvalue weighted by Crippen LogP contribution is -2.36. The van der Waals surface area contributed by atoms with Gasteiger partial charge in [0.25, 0.3) is 5.91 Å². The lowest BCUT2D eigenvalue weighted by Gasteiger charge is -2.25. The van der Waals surface area contributed by atoms with E-state index in [2.05, 4.69) is 33.4 Å². The quantitative estimate of drug-likeness (QED) is 0.119. The molecule has 5 N–H and O–H groups in total. The molecule has 0 aromatic heterocycles. The third-order valence-electron chi connectivity index (χ3n) is 5.59. The Bertz CT molecular complexity index is 1200. The first-order valence-corrected chi connectivity index (χ1v) is 13.3. The number of amides is 1. The van der Waals surface area contributed by atoms with Gasteiger partial charge in [0, 0.05) is 41.9 Å². The number of amidine groups is 1. The summed E-state index contributed by atoms with van der Waals surface area (Å²) in [6.07, 6.45) is 2.29. The molecule has 0 heterocycles. The fourth-order valence-electron chi connectivity index (χ4n) is 3.40. The molecule has 0 spiro atoms. The van der Waals surface area contributed by atoms with Gasteiger partial charge in [0.05, 0.1) is 10.7 Å². The lowest BCUT2D eigenvalue weighted by molar-refractivity contribution is -0.112. The standard InChI is InChI=1S/C29H39N7OS/c1-7-28(34-31)38-22(4)24-16-12-13-17-26(24)33-29(37)25(30)20-27(36(8-2)19-18-35(5)6)32-21(3)23-14-10-9-11-15-23/h9-17,20H,3-4,7-8,18-19,30-31H2,1-2,5-6H3,(H,33,37)/b25-20-,32-27+,34-28-. The number of thioether (sulfide) groups is 1. The number of hydrogen-bond donors (Lipinski definition) is 3. The van der Waals surface area contributed by atoms with Crippen molar-refractivity contribution in [3.63, 3.8) is 0 Å². The Balaban J connectivity index is 2.36. The second-order valence-corrected chi connectivity index (χ2v) is 9.83. The molecule has 0 unspecified atom stereocenters. The maximum absolute atomic E-state index is 13.2. The number of hydrogen-bond acceptors (Lipinski definition) is 7. The van der Waals surface area contributed by atoms with Gasteiger partial charge in [0.2, 0.25) is 0 Å². The van der Waals surface area contributed by atoms with E-state index in [1.807, 2.05) is 76.5 Å². The van der Waals surface area contributed by atoms with Crippen LogP contribution in [0.4, 0.5) is 5.69 Å². The first-order valence-electron chi connectivity index (χ1n) is 12.4. The monoisotopic (exact) mass is 533 g/mol. The van der Waals surface area contributed by atoms with Gasteiger partial charge in [-0.15, -0.1) is 0 Å². The summed E-state index contributed by atoms with van der Waals surface area (Å²) in [5.74, 6) is 5.59. The Labute approximate surface area is 230 Å². The van der Waals surface area contributed by atoms with Crippen LogP contribution in [0, 0.1) is 0 Å². The van der Waals surface area contributed by atoms with Crippen molar-refractivity contribution >= 4 is 44.8 Å². The SMILES string of the molecule is C=C(/N=C(\C=C(/N)C(=O)Nc1ccccc1C(=C)S/C(CC)=N\N)N(CC)CCN(C)C)c1ccccc1. The average Bonchev–Trinajstić information content (AvgIpc) is 2.92. The molecule has 0 aliphatic carbocycles. The van der Waals surface area contributed by atoms with Crippen LogP contribution in [0.2, 0.25) is 0 Å². The van der Waals surface area contributed by atoms with Crippen molar-refractivity contribution in [2.24, 2.45) is 21.7 Å². The molecule has 0 aliphatic heterocycles. The van der Waals surface area contributed by atoms with Crippen LogP contribution in [0.5, 0.6) is 0 Å². The van der Waals surface area contributed by atoms with Crippen LogP contribution in [-0.4, -0.2) is 60.3 Å². The van der Waals surface area contributed by atoms with E-state index in [9.17, 15) is 4.79 Å². The number of hydrazone groups is 1. The number of benzene rings is 2. The van der Waals surface area contributed by atoms with E-state index in [0.29, 0.717) is 36.7 Å². The smallest absolute Gasteiger partial charge is 0.271 e. The van der Waals surface area contributed by atoms with E-state index >= 15 is 0 Å². The Hall–Kier alpha value is -3.82. The van der Waals surface area contributed by atoms with Gasteiger partial charge in [0.1, 0.15) is 11.5 Å². The zero-order valence-corrected chi connectivity index (χ0v) is 23.6. The Kier molecular flexibility index (Phi) is 12.4. The van der Waals surface area contributed by atoms with Crippen LogP contribution in [0.15, 0.2) is 89.6 Å². The molecule has 38 heavy (non-hydrogen) atoms. The number of nitrogens with two attached hydrogens (primary N) is 2. The highest BCUT2D eigenvalue weighted by Crippen LogP contribution is 2.32. The number of likely N-dealkylation sites (N-methyl/N-ethyl adjacent to an activating group) is 2. The first kappa shape index (κ1) is 30.4. The van der Waals surface area contributed by atoms with E-state index < -0.39 is 5.91 Å². The van der Waals surface area contributed by atoms with Gasteiger partial charge in [-0.2, -0.15) is 5.10 Å². The molecule has 2 aromatic carbocycles. The molecule has 0 atom stereocenters. The van der Waals surface area contributed by atoms with Crippen molar-refractivity contribution in [3.05, 3.63) is 90.7 Å². The highest BCUT2D eigenvalue weighted by atomic mass is 32.2. The summed E-state index contributed by atoms with van der Waals surface area (Å²) in [5, 5.41) is 7.45. The summed E-state index contributed by atoms with van der Waals surface area (Å²) in [5.41, 5.74) is 9.17. The maximum Gasteiger partial charge on any atom is 0.271 e. The molecule has 0 saturated carbocycles. The topological polar surface area (TPSA) is 112 Å². The lowest BCUT2D eigenvalue weighted by atomic mass is 10.1. The van der Waals surface area contributed by atoms with Crippen LogP contribution in [-0.2, 0) is 4.79 Å². The van der Waals surface area contributed by atoms with Gasteiger partial charge < -0.3 is 26.7 Å². The van der Waals surface area contributed by atoms with Crippen LogP contribution < -0.4 is 16.9 Å². The van der Waals surface area contributed by atoms with E-state index in [-0.39, 0.29) is 5.70 Å². The minimum absolute atomic E-state index is 0.0266. The second kappa shape index (κ2) is 15.4. The number of rotatable bonds is 12. The van der Waals surface area contributed by atoms with Crippen molar-refractivity contribution < 1.29 is 4.79 Å². The molecule has 0 bridgehead atoms. The van der Waals surface area contributed by atoms with Gasteiger partial charge in [0.15, 0.2) is 0 Å². The predicted molar refractivity (Wildman–Crippen MR) is 165 cm³/mol. The third kappa shape index (κ3) is 9.24. The van der Waals surface area contributed by atoms with Gasteiger partial charge in [-0.3, -0.25) is 4.79 Å². The van der Waals surface area contributed by atoms with Crippen LogP contribution in [0.3, 0.4) is 0 Å². The summed E-state index contributed by atoms with van der Waals surface area (Å²) in [6.45, 7) is 14.5. The fraction of sp³-hybridized carbons (Fsp3) is 0.276. The predicted octanol–water partition coefficient (Wildman–Crippen LogP) is 4.81. The fourth-order valence-corrected chi connectivity index (χ4v) is 4.17. The molecule has 0 saturated heterocycles. The molecule has 9 heteroatoms. The van der Waals surface area contributed by atoms with Crippen LogP contribution >= 0.6 is 11.8 Å². The molecule has 2 rings (SSSR count). The molecule has 1 amide bonds. The van der Waals surface area contributed by atoms with Crippen molar-refractivity contribution in [1.29, 1.82) is 0 Å². The Morgan fingerprint density at radius 1 is 1.05 bits per heavy atom. The molecular weight excluding hydrogens is 494 g/mol. The van der Waals surface area contributed by atoms with E-state index in [4.69, 9.17) is 16.6 Å². The normalized spacial score (nSPS) is 12.4. The summed E-state index contributed by atoms with van der Waals surface area (Å²) >= 11 is 1.37. The zero-order valence-electron chi connectivity index (χ0n) is 22.8. The second-order valence-electron chi connectivity index (χ2n) is 8.67. The number of anilines is 1. The molecule has 0 fully saturated rings. The van der Waals surface area contributed by atoms with E-state index in [1.54, 1.807) is 12.1 Å². The molecule has 202 valence electrons. The summed E-state index contributed by atoms with van der Waals surface area (Å²) in [6, 6.07) is 17.1. The zero-order chi connectivity index (χ0) is 28.1. The molecule has 2 aromatic rings. The van der Waals surface area contributed by atoms with E-state index in [0.717, 1.165) is 27.6 Å². The minimum Gasteiger partial charge on any atom is -0.394 e. The first-order chi connectivity index (χ1) is 18.2. The molecule has 0 radical (unpaired) electrons. The van der Waals surface area contributed by atoms with Crippen LogP contribution in [0.1, 0.15) is 31.4 Å². The number of carbonyl (C=O) groups is 1. The number of nitrogens with zero attached hydrogens (tertiary/aromatic N) is 4. The van der Waals surface area contributed by atoms with Crippen molar-refractivity contribution in [3.8, 4) is 0 Å². The number of carbonyl (C=O) groups excluding carboxylic acids is 1. The number of nitrogens with one attached hydrogen (secondary N) is 1. The highest BCUT2D eigenvalue weighted by molar-refractivity contribution is 8.21. The van der Waals surface area contributed by atoms with Crippen LogP contribution in [0.25, 0.3) is 10.6 Å². The largest absolute Gasteiger partial charge is 0.394 e. The average molecular weight is 534 g/mol. The van der Waals surface area contributed by atoms with Gasteiger partial charge in [-0.1, -0.05) is 80.4 Å². The van der Waals surface area contributed by atoms with E-state index in [1.165, 1.54) is 11.8 Å². The van der Waals surface area contributed by atoms with Crippen molar-refractivity contribution in [2.75, 3.05) is 39.0 Å². The van der Waals surface area contributed by atoms with Gasteiger partial charge in [-0.25, -0.2) is 4.99 Å². The summed E-state index contributed by atoms with van der Waals surface area (Å²) in [7, 11) is 4.02. The van der Waals surface area contributed by atoms with Gasteiger partial charge in [-0.05, 0) is 39.1 Å². The Morgan fingerprint density at radius 3 is 2.32 bits per heavy atom. The summed E-state index contributed by atoms with van der Waals surface area (Å²) < 4.78 is 0.